The predicted octanol–water partition coefficient (Wildman–Crippen LogP) is 3.04. The van der Waals surface area contributed by atoms with Crippen molar-refractivity contribution in [3.63, 3.8) is 0 Å². The zero-order chi connectivity index (χ0) is 15.9. The van der Waals surface area contributed by atoms with Gasteiger partial charge < -0.3 is 20.1 Å². The Morgan fingerprint density at radius 2 is 1.77 bits per heavy atom. The van der Waals surface area contributed by atoms with Crippen molar-refractivity contribution in [2.24, 2.45) is 10.9 Å². The van der Waals surface area contributed by atoms with E-state index in [9.17, 15) is 0 Å². The van der Waals surface area contributed by atoms with Crippen LogP contribution in [0.1, 0.15) is 47.0 Å². The first kappa shape index (κ1) is 24.2. The standard InChI is InChI=1S/C16H35N3O2.HI/c1-6-8-12-20-13-11-19-16(17-5)18-10-9-15(14(3)4)21-7-2;/h14-15H,6-13H2,1-5H3,(H2,17,18,19);1H. The normalized spacial score (nSPS) is 12.9. The van der Waals surface area contributed by atoms with Gasteiger partial charge in [-0.3, -0.25) is 4.99 Å². The first-order valence-corrected chi connectivity index (χ1v) is 8.29. The van der Waals surface area contributed by atoms with Crippen LogP contribution in [0.15, 0.2) is 4.99 Å². The Hall–Kier alpha value is -0.0800. The van der Waals surface area contributed by atoms with Crippen LogP contribution in [0, 0.1) is 5.92 Å². The second-order valence-corrected chi connectivity index (χ2v) is 5.42. The fourth-order valence-corrected chi connectivity index (χ4v) is 1.97. The van der Waals surface area contributed by atoms with E-state index in [-0.39, 0.29) is 24.0 Å². The van der Waals surface area contributed by atoms with Crippen LogP contribution >= 0.6 is 24.0 Å². The van der Waals surface area contributed by atoms with E-state index >= 15 is 0 Å². The summed E-state index contributed by atoms with van der Waals surface area (Å²) in [5, 5.41) is 6.57. The third-order valence-corrected chi connectivity index (χ3v) is 3.25. The van der Waals surface area contributed by atoms with Crippen molar-refractivity contribution < 1.29 is 9.47 Å². The summed E-state index contributed by atoms with van der Waals surface area (Å²) in [6.07, 6.45) is 3.59. The summed E-state index contributed by atoms with van der Waals surface area (Å²) in [6, 6.07) is 0. The summed E-state index contributed by atoms with van der Waals surface area (Å²) in [4.78, 5) is 4.21. The van der Waals surface area contributed by atoms with E-state index < -0.39 is 0 Å². The van der Waals surface area contributed by atoms with Crippen molar-refractivity contribution in [1.29, 1.82) is 0 Å². The summed E-state index contributed by atoms with van der Waals surface area (Å²) < 4.78 is 11.2. The van der Waals surface area contributed by atoms with Crippen LogP contribution in [0.5, 0.6) is 0 Å². The van der Waals surface area contributed by atoms with Gasteiger partial charge in [-0.05, 0) is 25.7 Å². The molecule has 5 nitrogen and oxygen atoms in total. The van der Waals surface area contributed by atoms with Gasteiger partial charge in [-0.2, -0.15) is 0 Å². The van der Waals surface area contributed by atoms with Crippen molar-refractivity contribution in [1.82, 2.24) is 10.6 Å². The predicted molar refractivity (Wildman–Crippen MR) is 105 cm³/mol. The molecule has 0 fully saturated rings. The molecule has 134 valence electrons. The zero-order valence-electron chi connectivity index (χ0n) is 15.0. The molecular weight excluding hydrogens is 393 g/mol. The average molecular weight is 429 g/mol. The monoisotopic (exact) mass is 429 g/mol. The van der Waals surface area contributed by atoms with Crippen LogP contribution in [-0.4, -0.2) is 52.0 Å². The Morgan fingerprint density at radius 3 is 2.32 bits per heavy atom. The van der Waals surface area contributed by atoms with Gasteiger partial charge in [-0.1, -0.05) is 27.2 Å². The summed E-state index contributed by atoms with van der Waals surface area (Å²) in [5.74, 6) is 1.36. The lowest BCUT2D eigenvalue weighted by atomic mass is 10.0. The second kappa shape index (κ2) is 17.3. The number of hydrogen-bond donors (Lipinski definition) is 2. The number of aliphatic imine (C=N–C) groups is 1. The molecule has 0 bridgehead atoms. The first-order chi connectivity index (χ1) is 10.2. The van der Waals surface area contributed by atoms with E-state index in [1.54, 1.807) is 7.05 Å². The van der Waals surface area contributed by atoms with Crippen LogP contribution in [-0.2, 0) is 9.47 Å². The molecule has 0 aromatic carbocycles. The van der Waals surface area contributed by atoms with Gasteiger partial charge >= 0.3 is 0 Å². The van der Waals surface area contributed by atoms with E-state index in [1.807, 2.05) is 6.92 Å². The summed E-state index contributed by atoms with van der Waals surface area (Å²) >= 11 is 0. The van der Waals surface area contributed by atoms with E-state index in [2.05, 4.69) is 36.4 Å². The summed E-state index contributed by atoms with van der Waals surface area (Å²) in [5.41, 5.74) is 0. The van der Waals surface area contributed by atoms with Crippen molar-refractivity contribution >= 4 is 29.9 Å². The third-order valence-electron chi connectivity index (χ3n) is 3.25. The van der Waals surface area contributed by atoms with Crippen LogP contribution in [0.2, 0.25) is 0 Å². The largest absolute Gasteiger partial charge is 0.380 e. The van der Waals surface area contributed by atoms with E-state index in [1.165, 1.54) is 6.42 Å². The maximum atomic E-state index is 5.73. The minimum atomic E-state index is 0. The number of hydrogen-bond acceptors (Lipinski definition) is 3. The third kappa shape index (κ3) is 13.6. The van der Waals surface area contributed by atoms with Gasteiger partial charge in [0.15, 0.2) is 5.96 Å². The molecule has 0 saturated carbocycles. The topological polar surface area (TPSA) is 54.9 Å². The van der Waals surface area contributed by atoms with Crippen LogP contribution < -0.4 is 10.6 Å². The molecule has 0 aromatic heterocycles. The van der Waals surface area contributed by atoms with Crippen LogP contribution in [0.3, 0.4) is 0 Å². The highest BCUT2D eigenvalue weighted by Crippen LogP contribution is 2.09. The molecule has 0 spiro atoms. The SMILES string of the molecule is CCCCOCCNC(=NC)NCCC(OCC)C(C)C.I. The maximum absolute atomic E-state index is 5.73. The quantitative estimate of drug-likeness (QED) is 0.217. The second-order valence-electron chi connectivity index (χ2n) is 5.42. The molecular formula is C16H36IN3O2. The van der Waals surface area contributed by atoms with Gasteiger partial charge in [0, 0.05) is 33.4 Å². The lowest BCUT2D eigenvalue weighted by Crippen LogP contribution is -2.40. The van der Waals surface area contributed by atoms with Gasteiger partial charge in [-0.15, -0.1) is 24.0 Å². The lowest BCUT2D eigenvalue weighted by Gasteiger charge is -2.21. The Morgan fingerprint density at radius 1 is 1.09 bits per heavy atom. The molecule has 22 heavy (non-hydrogen) atoms. The number of halogens is 1. The Balaban J connectivity index is 0. The van der Waals surface area contributed by atoms with E-state index in [0.29, 0.717) is 18.6 Å². The minimum Gasteiger partial charge on any atom is -0.380 e. The molecule has 0 aromatic rings. The number of rotatable bonds is 12. The number of nitrogens with one attached hydrogen (secondary N) is 2. The van der Waals surface area contributed by atoms with Gasteiger partial charge in [0.2, 0.25) is 0 Å². The highest BCUT2D eigenvalue weighted by atomic mass is 127. The number of nitrogens with zero attached hydrogens (tertiary/aromatic N) is 1. The molecule has 0 radical (unpaired) electrons. The highest BCUT2D eigenvalue weighted by molar-refractivity contribution is 14.0. The molecule has 0 amide bonds. The highest BCUT2D eigenvalue weighted by Gasteiger charge is 2.12. The molecule has 0 saturated heterocycles. The Kier molecular flexibility index (Phi) is 19.0. The van der Waals surface area contributed by atoms with Crippen molar-refractivity contribution in [2.75, 3.05) is 40.0 Å². The van der Waals surface area contributed by atoms with E-state index in [4.69, 9.17) is 9.47 Å². The number of guanidine groups is 1. The van der Waals surface area contributed by atoms with Crippen molar-refractivity contribution in [2.45, 2.75) is 53.1 Å². The molecule has 0 aliphatic carbocycles. The van der Waals surface area contributed by atoms with Gasteiger partial charge in [0.25, 0.3) is 0 Å². The van der Waals surface area contributed by atoms with Crippen LogP contribution in [0.25, 0.3) is 0 Å². The molecule has 1 unspecified atom stereocenters. The molecule has 2 N–H and O–H groups in total. The minimum absolute atomic E-state index is 0. The Bertz CT molecular complexity index is 264. The Labute approximate surface area is 154 Å². The van der Waals surface area contributed by atoms with Gasteiger partial charge in [0.05, 0.1) is 12.7 Å². The molecule has 1 atom stereocenters. The summed E-state index contributed by atoms with van der Waals surface area (Å²) in [6.45, 7) is 12.6. The number of ether oxygens (including phenoxy) is 2. The van der Waals surface area contributed by atoms with E-state index in [0.717, 1.165) is 45.1 Å². The average Bonchev–Trinajstić information content (AvgIpc) is 2.47. The molecule has 0 rings (SSSR count). The maximum Gasteiger partial charge on any atom is 0.191 e. The molecule has 0 aliphatic heterocycles. The van der Waals surface area contributed by atoms with Crippen molar-refractivity contribution in [3.05, 3.63) is 0 Å². The molecule has 0 aliphatic rings. The van der Waals surface area contributed by atoms with Crippen LogP contribution in [0.4, 0.5) is 0 Å². The zero-order valence-corrected chi connectivity index (χ0v) is 17.3. The molecule has 6 heteroatoms. The van der Waals surface area contributed by atoms with Gasteiger partial charge in [0.1, 0.15) is 0 Å². The fourth-order valence-electron chi connectivity index (χ4n) is 1.97. The molecule has 0 heterocycles. The fraction of sp³-hybridized carbons (Fsp3) is 0.938. The lowest BCUT2D eigenvalue weighted by molar-refractivity contribution is 0.0258. The number of unbranched alkanes of at least 4 members (excludes halogenated alkanes) is 1. The smallest absolute Gasteiger partial charge is 0.191 e. The summed E-state index contributed by atoms with van der Waals surface area (Å²) in [7, 11) is 1.79. The van der Waals surface area contributed by atoms with Crippen molar-refractivity contribution in [3.8, 4) is 0 Å². The van der Waals surface area contributed by atoms with Gasteiger partial charge in [-0.25, -0.2) is 0 Å². The first-order valence-electron chi connectivity index (χ1n) is 8.29.